The fraction of sp³-hybridized carbons (Fsp3) is 0.513. The lowest BCUT2D eigenvalue weighted by Crippen LogP contribution is -2.45. The Morgan fingerprint density at radius 3 is 2.52 bits per heavy atom. The van der Waals surface area contributed by atoms with Gasteiger partial charge in [0.25, 0.3) is 12.3 Å². The number of carbonyl (C=O) groups excluding carboxylic acids is 3. The molecule has 2 N–H and O–H groups in total. The van der Waals surface area contributed by atoms with Crippen LogP contribution in [0.4, 0.5) is 20.2 Å². The summed E-state index contributed by atoms with van der Waals surface area (Å²) in [5.74, 6) is -0.865. The van der Waals surface area contributed by atoms with E-state index < -0.39 is 30.0 Å². The molecular weight excluding hydrogens is 724 g/mol. The molecule has 3 fully saturated rings. The van der Waals surface area contributed by atoms with Crippen LogP contribution in [0.5, 0.6) is 0 Å². The van der Waals surface area contributed by atoms with E-state index in [9.17, 15) is 28.0 Å². The maximum atomic E-state index is 14.1. The number of nitrogens with zero attached hydrogens (tertiary/aromatic N) is 9. The van der Waals surface area contributed by atoms with Crippen LogP contribution in [0.2, 0.25) is 0 Å². The number of carbonyl (C=O) groups is 3. The number of hydrogen-bond donors (Lipinski definition) is 2. The third kappa shape index (κ3) is 6.96. The normalized spacial score (nSPS) is 21.1. The molecule has 3 amide bonds. The number of imidazole rings is 1. The summed E-state index contributed by atoms with van der Waals surface area (Å²) in [5.41, 5.74) is 3.21. The number of hydrogen-bond acceptors (Lipinski definition) is 9. The number of halogens is 2. The monoisotopic (exact) mass is 771 g/mol. The fourth-order valence-electron chi connectivity index (χ4n) is 8.89. The highest BCUT2D eigenvalue weighted by molar-refractivity contribution is 6.08. The topological polar surface area (TPSA) is 157 Å². The van der Waals surface area contributed by atoms with E-state index in [1.807, 2.05) is 25.1 Å². The Balaban J connectivity index is 0.866. The van der Waals surface area contributed by atoms with Gasteiger partial charge in [-0.1, -0.05) is 13.0 Å². The van der Waals surface area contributed by atoms with Crippen LogP contribution in [-0.2, 0) is 23.1 Å². The van der Waals surface area contributed by atoms with Crippen LogP contribution >= 0.6 is 0 Å². The van der Waals surface area contributed by atoms with Crippen molar-refractivity contribution in [3.05, 3.63) is 70.3 Å². The first-order chi connectivity index (χ1) is 27.0. The van der Waals surface area contributed by atoms with E-state index in [1.54, 1.807) is 28.7 Å². The highest BCUT2D eigenvalue weighted by atomic mass is 19.3. The zero-order chi connectivity index (χ0) is 39.2. The van der Waals surface area contributed by atoms with Crippen molar-refractivity contribution in [2.45, 2.75) is 89.3 Å². The second-order valence-corrected chi connectivity index (χ2v) is 15.5. The first-order valence-corrected chi connectivity index (χ1v) is 19.5. The van der Waals surface area contributed by atoms with Crippen LogP contribution < -0.4 is 21.2 Å². The number of benzene rings is 1. The average Bonchev–Trinajstić information content (AvgIpc) is 3.89. The predicted molar refractivity (Wildman–Crippen MR) is 205 cm³/mol. The van der Waals surface area contributed by atoms with Gasteiger partial charge in [0.1, 0.15) is 11.6 Å². The van der Waals surface area contributed by atoms with Crippen LogP contribution in [0.25, 0.3) is 16.7 Å². The number of alkyl halides is 2. The number of fused-ring (bicyclic) bond motifs is 2. The number of aryl methyl sites for hydroxylation is 2. The lowest BCUT2D eigenvalue weighted by Gasteiger charge is -2.40. The number of anilines is 2. The molecule has 0 bridgehead atoms. The van der Waals surface area contributed by atoms with Crippen molar-refractivity contribution in [2.75, 3.05) is 36.9 Å². The Bertz CT molecular complexity index is 2350. The largest absolute Gasteiger partial charge is 0.370 e. The predicted octanol–water partition coefficient (Wildman–Crippen LogP) is 4.64. The quantitative estimate of drug-likeness (QED) is 0.193. The molecule has 2 aliphatic heterocycles. The molecule has 296 valence electrons. The van der Waals surface area contributed by atoms with Crippen molar-refractivity contribution >= 4 is 45.8 Å². The molecule has 0 spiro atoms. The van der Waals surface area contributed by atoms with Crippen molar-refractivity contribution in [3.8, 4) is 0 Å². The molecule has 2 saturated heterocycles. The molecule has 1 aliphatic carbocycles. The van der Waals surface area contributed by atoms with Gasteiger partial charge in [0.15, 0.2) is 11.3 Å². The number of amides is 3. The Morgan fingerprint density at radius 2 is 1.80 bits per heavy atom. The molecule has 1 atom stereocenters. The molecule has 0 radical (unpaired) electrons. The molecule has 1 aromatic carbocycles. The fourth-order valence-corrected chi connectivity index (χ4v) is 8.89. The summed E-state index contributed by atoms with van der Waals surface area (Å²) in [4.78, 5) is 60.2. The summed E-state index contributed by atoms with van der Waals surface area (Å²) in [6, 6.07) is 5.44. The Morgan fingerprint density at radius 1 is 1.04 bits per heavy atom. The van der Waals surface area contributed by atoms with Crippen LogP contribution in [0, 0.1) is 5.92 Å². The molecule has 8 rings (SSSR count). The van der Waals surface area contributed by atoms with Gasteiger partial charge in [-0.2, -0.15) is 10.2 Å². The van der Waals surface area contributed by atoms with Crippen LogP contribution in [0.3, 0.4) is 0 Å². The summed E-state index contributed by atoms with van der Waals surface area (Å²) in [6.07, 6.45) is 10.2. The molecule has 15 nitrogen and oxygen atoms in total. The Hall–Kier alpha value is -5.45. The van der Waals surface area contributed by atoms with Gasteiger partial charge < -0.3 is 15.1 Å². The summed E-state index contributed by atoms with van der Waals surface area (Å²) < 4.78 is 34.5. The van der Waals surface area contributed by atoms with Crippen molar-refractivity contribution in [1.82, 2.24) is 43.7 Å². The highest BCUT2D eigenvalue weighted by Crippen LogP contribution is 2.37. The van der Waals surface area contributed by atoms with E-state index >= 15 is 0 Å². The van der Waals surface area contributed by atoms with Gasteiger partial charge in [0, 0.05) is 57.7 Å². The van der Waals surface area contributed by atoms with Crippen molar-refractivity contribution in [3.63, 3.8) is 0 Å². The molecule has 6 heterocycles. The molecule has 1 unspecified atom stereocenters. The first kappa shape index (κ1) is 37.5. The lowest BCUT2D eigenvalue weighted by atomic mass is 9.85. The highest BCUT2D eigenvalue weighted by Gasteiger charge is 2.34. The minimum absolute atomic E-state index is 0.00642. The van der Waals surface area contributed by atoms with E-state index in [0.717, 1.165) is 81.3 Å². The molecule has 1 saturated carbocycles. The molecule has 56 heavy (non-hydrogen) atoms. The minimum Gasteiger partial charge on any atom is -0.370 e. The van der Waals surface area contributed by atoms with Gasteiger partial charge in [0.05, 0.1) is 34.6 Å². The van der Waals surface area contributed by atoms with Crippen molar-refractivity contribution < 1.29 is 23.2 Å². The number of nitrogens with one attached hydrogen (secondary N) is 2. The van der Waals surface area contributed by atoms with Gasteiger partial charge >= 0.3 is 5.69 Å². The molecule has 4 aromatic heterocycles. The van der Waals surface area contributed by atoms with Gasteiger partial charge in [-0.25, -0.2) is 23.1 Å². The van der Waals surface area contributed by atoms with Crippen molar-refractivity contribution in [2.24, 2.45) is 13.0 Å². The molecule has 5 aromatic rings. The lowest BCUT2D eigenvalue weighted by molar-refractivity contribution is -0.135. The number of piperidine rings is 2. The number of imide groups is 1. The Labute approximate surface area is 321 Å². The maximum Gasteiger partial charge on any atom is 0.329 e. The average molecular weight is 772 g/mol. The molecule has 17 heteroatoms. The first-order valence-electron chi connectivity index (χ1n) is 19.5. The van der Waals surface area contributed by atoms with Crippen LogP contribution in [-0.4, -0.2) is 88.9 Å². The van der Waals surface area contributed by atoms with E-state index in [0.29, 0.717) is 29.5 Å². The second-order valence-electron chi connectivity index (χ2n) is 15.5. The second kappa shape index (κ2) is 15.2. The molecule has 3 aliphatic rings. The SMILES string of the molecule is CCc1cnc2c(C(=O)Nc3cn(C4CCC(CN(C)C5CCN(c6cccc7c6n(C)c(=O)n7C6CCC(=O)NC6=O)CC5)CC4)nc3C(F)F)cnn2c1. The van der Waals surface area contributed by atoms with E-state index in [2.05, 4.69) is 42.7 Å². The zero-order valence-corrected chi connectivity index (χ0v) is 31.8. The zero-order valence-electron chi connectivity index (χ0n) is 31.8. The third-order valence-electron chi connectivity index (χ3n) is 12.0. The smallest absolute Gasteiger partial charge is 0.329 e. The summed E-state index contributed by atoms with van der Waals surface area (Å²) in [7, 11) is 3.91. The maximum absolute atomic E-state index is 14.1. The van der Waals surface area contributed by atoms with Crippen LogP contribution in [0.15, 0.2) is 47.8 Å². The third-order valence-corrected chi connectivity index (χ3v) is 12.0. The van der Waals surface area contributed by atoms with Crippen molar-refractivity contribution in [1.29, 1.82) is 0 Å². The van der Waals surface area contributed by atoms with E-state index in [4.69, 9.17) is 0 Å². The van der Waals surface area contributed by atoms with Gasteiger partial charge in [-0.05, 0) is 82.0 Å². The van der Waals surface area contributed by atoms with Crippen LogP contribution in [0.1, 0.15) is 98.4 Å². The van der Waals surface area contributed by atoms with E-state index in [-0.39, 0.29) is 35.3 Å². The van der Waals surface area contributed by atoms with Gasteiger partial charge in [-0.3, -0.25) is 33.5 Å². The minimum atomic E-state index is -2.85. The van der Waals surface area contributed by atoms with E-state index in [1.165, 1.54) is 21.5 Å². The standard InChI is InChI=1S/C39H47F2N11O4/c1-4-23-18-42-36-27(19-43-51(36)21-23)37(54)44-28-22-50(46-33(28)35(40)41)26-10-8-24(9-11-26)20-47(2)25-14-16-49(17-15-25)29-6-5-7-30-34(29)48(3)39(56)52(30)31-12-13-32(53)45-38(31)55/h5-7,18-19,21-22,24-26,31,35H,4,8-17,20H2,1-3H3,(H,44,54)(H,45,53,55). The number of para-hydroxylation sites is 1. The number of rotatable bonds is 10. The summed E-state index contributed by atoms with van der Waals surface area (Å²) >= 11 is 0. The summed E-state index contributed by atoms with van der Waals surface area (Å²) in [5, 5.41) is 13.5. The molecular formula is C39H47F2N11O4. The van der Waals surface area contributed by atoms with Gasteiger partial charge in [0.2, 0.25) is 11.8 Å². The number of aromatic nitrogens is 7. The van der Waals surface area contributed by atoms with Gasteiger partial charge in [-0.15, -0.1) is 0 Å². The summed E-state index contributed by atoms with van der Waals surface area (Å²) in [6.45, 7) is 4.56. The Kier molecular flexibility index (Phi) is 10.2.